The number of halogens is 1. The fraction of sp³-hybridized carbons (Fsp3) is 0.455. The van der Waals surface area contributed by atoms with Crippen molar-refractivity contribution in [3.63, 3.8) is 0 Å². The van der Waals surface area contributed by atoms with Crippen LogP contribution in [0.25, 0.3) is 0 Å². The summed E-state index contributed by atoms with van der Waals surface area (Å²) < 4.78 is 1.12. The third kappa shape index (κ3) is 1.57. The van der Waals surface area contributed by atoms with Crippen LogP contribution in [0.3, 0.4) is 0 Å². The summed E-state index contributed by atoms with van der Waals surface area (Å²) in [5, 5.41) is 8.92. The first-order chi connectivity index (χ1) is 7.66. The van der Waals surface area contributed by atoms with Crippen molar-refractivity contribution in [1.82, 2.24) is 4.98 Å². The maximum atomic E-state index is 10.8. The normalized spacial score (nSPS) is 31.3. The van der Waals surface area contributed by atoms with Crippen molar-refractivity contribution in [2.45, 2.75) is 0 Å². The third-order valence-corrected chi connectivity index (χ3v) is 4.15. The minimum absolute atomic E-state index is 0.0971. The number of carbonyl (C=O) groups is 1. The summed E-state index contributed by atoms with van der Waals surface area (Å²) in [6, 6.07) is 4.03. The Bertz CT molecular complexity index is 422. The van der Waals surface area contributed by atoms with E-state index in [-0.39, 0.29) is 5.92 Å². The van der Waals surface area contributed by atoms with Gasteiger partial charge < -0.3 is 10.0 Å². The van der Waals surface area contributed by atoms with Crippen LogP contribution in [0, 0.1) is 21.3 Å². The molecule has 4 nitrogen and oxygen atoms in total. The quantitative estimate of drug-likeness (QED) is 0.834. The number of fused-ring (bicyclic) bond motifs is 1. The molecule has 0 aromatic carbocycles. The Hall–Kier alpha value is -0.850. The zero-order valence-electron chi connectivity index (χ0n) is 8.51. The van der Waals surface area contributed by atoms with Gasteiger partial charge >= 0.3 is 5.97 Å². The van der Waals surface area contributed by atoms with E-state index in [0.717, 1.165) is 22.5 Å². The van der Waals surface area contributed by atoms with Crippen molar-refractivity contribution in [2.24, 2.45) is 17.8 Å². The Labute approximate surface area is 107 Å². The molecule has 16 heavy (non-hydrogen) atoms. The number of rotatable bonds is 2. The van der Waals surface area contributed by atoms with E-state index in [1.165, 1.54) is 0 Å². The zero-order valence-corrected chi connectivity index (χ0v) is 10.7. The number of piperidine rings is 1. The van der Waals surface area contributed by atoms with Crippen LogP contribution in [0.2, 0.25) is 0 Å². The van der Waals surface area contributed by atoms with Gasteiger partial charge in [0.25, 0.3) is 0 Å². The van der Waals surface area contributed by atoms with Gasteiger partial charge in [-0.25, -0.2) is 4.98 Å². The number of aliphatic carboxylic acids is 1. The number of aromatic nitrogens is 1. The smallest absolute Gasteiger partial charge is 0.307 e. The van der Waals surface area contributed by atoms with Crippen molar-refractivity contribution in [2.75, 3.05) is 18.0 Å². The van der Waals surface area contributed by atoms with Gasteiger partial charge in [0.2, 0.25) is 0 Å². The second kappa shape index (κ2) is 3.58. The Morgan fingerprint density at radius 3 is 2.62 bits per heavy atom. The molecule has 2 aliphatic rings. The molecule has 1 aliphatic heterocycles. The van der Waals surface area contributed by atoms with Crippen LogP contribution in [-0.4, -0.2) is 29.1 Å². The third-order valence-electron chi connectivity index (χ3n) is 3.51. The Morgan fingerprint density at radius 2 is 2.12 bits per heavy atom. The lowest BCUT2D eigenvalue weighted by molar-refractivity contribution is -0.139. The van der Waals surface area contributed by atoms with Gasteiger partial charge in [0.15, 0.2) is 0 Å². The van der Waals surface area contributed by atoms with E-state index in [4.69, 9.17) is 5.11 Å². The molecule has 1 aliphatic carbocycles. The standard InChI is InChI=1S/C11H11IN2O2/c12-6-1-2-9(13-3-6)14-4-7-8(5-14)10(7)11(15)16/h1-3,7-8,10H,4-5H2,(H,15,16)/t7-,8+,10?. The molecule has 0 spiro atoms. The first-order valence-corrected chi connectivity index (χ1v) is 6.34. The number of nitrogens with zero attached hydrogens (tertiary/aromatic N) is 2. The van der Waals surface area contributed by atoms with Gasteiger partial charge in [0, 0.05) is 22.9 Å². The summed E-state index contributed by atoms with van der Waals surface area (Å²) >= 11 is 2.23. The number of hydrogen-bond acceptors (Lipinski definition) is 3. The Kier molecular flexibility index (Phi) is 2.31. The summed E-state index contributed by atoms with van der Waals surface area (Å²) in [6.45, 7) is 1.68. The molecule has 1 saturated heterocycles. The molecule has 1 aromatic heterocycles. The average Bonchev–Trinajstić information content (AvgIpc) is 2.77. The van der Waals surface area contributed by atoms with E-state index in [1.807, 2.05) is 18.3 Å². The van der Waals surface area contributed by atoms with Crippen molar-refractivity contribution in [3.8, 4) is 0 Å². The van der Waals surface area contributed by atoms with Crippen LogP contribution >= 0.6 is 22.6 Å². The fourth-order valence-electron chi connectivity index (χ4n) is 2.63. The molecule has 2 heterocycles. The van der Waals surface area contributed by atoms with E-state index < -0.39 is 5.97 Å². The number of hydrogen-bond donors (Lipinski definition) is 1. The summed E-state index contributed by atoms with van der Waals surface area (Å²) in [5.41, 5.74) is 0. The molecule has 1 aromatic rings. The first-order valence-electron chi connectivity index (χ1n) is 5.26. The molecule has 0 radical (unpaired) electrons. The molecule has 0 amide bonds. The molecule has 1 saturated carbocycles. The van der Waals surface area contributed by atoms with Gasteiger partial charge in [-0.2, -0.15) is 0 Å². The molecule has 84 valence electrons. The predicted molar refractivity (Wildman–Crippen MR) is 67.3 cm³/mol. The van der Waals surface area contributed by atoms with Crippen molar-refractivity contribution < 1.29 is 9.90 Å². The zero-order chi connectivity index (χ0) is 11.3. The van der Waals surface area contributed by atoms with Gasteiger partial charge in [-0.15, -0.1) is 0 Å². The molecule has 3 atom stereocenters. The van der Waals surface area contributed by atoms with Gasteiger partial charge in [-0.1, -0.05) is 0 Å². The van der Waals surface area contributed by atoms with Gasteiger partial charge in [0.1, 0.15) is 5.82 Å². The van der Waals surface area contributed by atoms with Crippen LogP contribution in [0.15, 0.2) is 18.3 Å². The molecule has 1 N–H and O–H groups in total. The fourth-order valence-corrected chi connectivity index (χ4v) is 2.95. The predicted octanol–water partition coefficient (Wildman–Crippen LogP) is 1.45. The van der Waals surface area contributed by atoms with E-state index in [0.29, 0.717) is 11.8 Å². The minimum atomic E-state index is -0.634. The maximum absolute atomic E-state index is 10.8. The summed E-state index contributed by atoms with van der Waals surface area (Å²) in [7, 11) is 0. The molecule has 3 rings (SSSR count). The minimum Gasteiger partial charge on any atom is -0.481 e. The number of pyridine rings is 1. The van der Waals surface area contributed by atoms with Crippen LogP contribution in [-0.2, 0) is 4.79 Å². The molecule has 5 heteroatoms. The Morgan fingerprint density at radius 1 is 1.44 bits per heavy atom. The second-order valence-electron chi connectivity index (χ2n) is 4.43. The lowest BCUT2D eigenvalue weighted by Gasteiger charge is -2.19. The highest BCUT2D eigenvalue weighted by molar-refractivity contribution is 14.1. The molecule has 0 bridgehead atoms. The summed E-state index contributed by atoms with van der Waals surface area (Å²) in [4.78, 5) is 17.4. The van der Waals surface area contributed by atoms with Crippen molar-refractivity contribution >= 4 is 34.4 Å². The van der Waals surface area contributed by atoms with Crippen molar-refractivity contribution in [3.05, 3.63) is 21.9 Å². The molecule has 2 fully saturated rings. The van der Waals surface area contributed by atoms with Crippen molar-refractivity contribution in [1.29, 1.82) is 0 Å². The topological polar surface area (TPSA) is 53.4 Å². The highest BCUT2D eigenvalue weighted by Crippen LogP contribution is 2.52. The highest BCUT2D eigenvalue weighted by atomic mass is 127. The van der Waals surface area contributed by atoms with Gasteiger partial charge in [-0.05, 0) is 46.6 Å². The molecule has 1 unspecified atom stereocenters. The SMILES string of the molecule is O=C(O)C1[C@H]2CN(c3ccc(I)cn3)C[C@@H]12. The second-order valence-corrected chi connectivity index (χ2v) is 5.68. The lowest BCUT2D eigenvalue weighted by atomic mass is 10.2. The van der Waals surface area contributed by atoms with E-state index >= 15 is 0 Å². The van der Waals surface area contributed by atoms with Gasteiger partial charge in [-0.3, -0.25) is 4.79 Å². The number of carboxylic acids is 1. The Balaban J connectivity index is 1.69. The maximum Gasteiger partial charge on any atom is 0.307 e. The van der Waals surface area contributed by atoms with Crippen LogP contribution in [0.5, 0.6) is 0 Å². The average molecular weight is 330 g/mol. The number of anilines is 1. The highest BCUT2D eigenvalue weighted by Gasteiger charge is 2.59. The van der Waals surface area contributed by atoms with E-state index in [9.17, 15) is 4.79 Å². The molecular weight excluding hydrogens is 319 g/mol. The van der Waals surface area contributed by atoms with E-state index in [1.54, 1.807) is 0 Å². The summed E-state index contributed by atoms with van der Waals surface area (Å²) in [6.07, 6.45) is 1.84. The van der Waals surface area contributed by atoms with E-state index in [2.05, 4.69) is 32.5 Å². The largest absolute Gasteiger partial charge is 0.481 e. The van der Waals surface area contributed by atoms with Gasteiger partial charge in [0.05, 0.1) is 5.92 Å². The van der Waals surface area contributed by atoms with Crippen LogP contribution in [0.4, 0.5) is 5.82 Å². The summed E-state index contributed by atoms with van der Waals surface area (Å²) in [5.74, 6) is 0.930. The van der Waals surface area contributed by atoms with Crippen LogP contribution < -0.4 is 4.90 Å². The lowest BCUT2D eigenvalue weighted by Crippen LogP contribution is -2.26. The number of carboxylic acid groups (broad SMARTS) is 1. The van der Waals surface area contributed by atoms with Crippen LogP contribution in [0.1, 0.15) is 0 Å². The monoisotopic (exact) mass is 330 g/mol. The molecular formula is C11H11IN2O2. The first kappa shape index (κ1) is 10.3.